The summed E-state index contributed by atoms with van der Waals surface area (Å²) in [4.78, 5) is 61.8. The van der Waals surface area contributed by atoms with Gasteiger partial charge in [0.15, 0.2) is 23.0 Å². The molecule has 2 unspecified atom stereocenters. The molecule has 5 aromatic rings. The Bertz CT molecular complexity index is 2680. The number of hydrogen-bond donors (Lipinski definition) is 1. The summed E-state index contributed by atoms with van der Waals surface area (Å²) in [7, 11) is 7.90. The van der Waals surface area contributed by atoms with Gasteiger partial charge in [-0.3, -0.25) is 24.3 Å². The summed E-state index contributed by atoms with van der Waals surface area (Å²) in [6, 6.07) is 13.7. The Morgan fingerprint density at radius 2 is 1.59 bits per heavy atom. The van der Waals surface area contributed by atoms with Crippen molar-refractivity contribution in [3.63, 3.8) is 0 Å². The number of rotatable bonds is 22. The zero-order chi connectivity index (χ0) is 47.7. The molecule has 1 amide bonds. The fourth-order valence-electron chi connectivity index (χ4n) is 9.95. The first-order valence-electron chi connectivity index (χ1n) is 23.6. The molecule has 0 saturated carbocycles. The van der Waals surface area contributed by atoms with Crippen LogP contribution in [-0.2, 0) is 38.6 Å². The molecule has 3 aliphatic rings. The third-order valence-corrected chi connectivity index (χ3v) is 15.8. The molecule has 15 nitrogen and oxygen atoms in total. The van der Waals surface area contributed by atoms with Crippen LogP contribution in [0, 0.1) is 6.92 Å². The minimum atomic E-state index is -0.494. The van der Waals surface area contributed by atoms with Crippen molar-refractivity contribution in [2.24, 2.45) is 0 Å². The predicted octanol–water partition coefficient (Wildman–Crippen LogP) is 8.39. The number of hydrogen-bond acceptors (Lipinski definition) is 15. The zero-order valence-corrected chi connectivity index (χ0v) is 41.1. The van der Waals surface area contributed by atoms with Gasteiger partial charge in [-0.15, -0.1) is 0 Å². The number of benzene rings is 3. The van der Waals surface area contributed by atoms with Gasteiger partial charge in [-0.2, -0.15) is 0 Å². The van der Waals surface area contributed by atoms with E-state index >= 15 is 0 Å². The van der Waals surface area contributed by atoms with Gasteiger partial charge in [0, 0.05) is 97.8 Å². The first-order chi connectivity index (χ1) is 33.0. The highest BCUT2D eigenvalue weighted by molar-refractivity contribution is 8.76. The third-order valence-electron chi connectivity index (χ3n) is 13.4. The van der Waals surface area contributed by atoms with E-state index in [1.54, 1.807) is 64.7 Å². The van der Waals surface area contributed by atoms with Gasteiger partial charge in [-0.25, -0.2) is 4.79 Å². The molecule has 2 atom stereocenters. The molecular weight excluding hydrogens is 909 g/mol. The van der Waals surface area contributed by atoms with Crippen LogP contribution in [0.2, 0.25) is 0 Å². The summed E-state index contributed by atoms with van der Waals surface area (Å²) in [5, 5.41) is 12.2. The lowest BCUT2D eigenvalue weighted by Crippen LogP contribution is -2.54. The standard InChI is InChI=1S/C51H62N4O11S2/c1-32-12-13-33(30-56)34(21-32)22-48(58)66-38-23-35-9-8-10-36(24-38)54(35)15-7-5-6-11-37(57)14-19-67-68-20-18-63-51(60)53(2)16-17-55-49-41-27-46-47(65-31-64-46)28-43(41)52-29-42(49)39-25-44(61-3)45(62-4)26-40(39)50(55)59/h12-13,21,25-29,35-36,38,56H,5-11,14-20,22-24,30-31H2,1-4H3. The smallest absolute Gasteiger partial charge is 0.409 e. The van der Waals surface area contributed by atoms with Gasteiger partial charge in [0.05, 0.1) is 43.7 Å². The number of aliphatic hydroxyl groups excluding tert-OH is 1. The number of aliphatic hydroxyl groups is 1. The van der Waals surface area contributed by atoms with Crippen molar-refractivity contribution in [1.29, 1.82) is 0 Å². The number of amides is 1. The van der Waals surface area contributed by atoms with Crippen molar-refractivity contribution in [3.05, 3.63) is 75.7 Å². The minimum absolute atomic E-state index is 0.0668. The molecule has 364 valence electrons. The van der Waals surface area contributed by atoms with Crippen molar-refractivity contribution in [2.75, 3.05) is 59.3 Å². The fourth-order valence-corrected chi connectivity index (χ4v) is 11.8. The number of methoxy groups -OCH3 is 2. The molecule has 0 aliphatic carbocycles. The fraction of sp³-hybridized carbons (Fsp3) is 0.510. The molecule has 68 heavy (non-hydrogen) atoms. The van der Waals surface area contributed by atoms with Gasteiger partial charge in [0.2, 0.25) is 6.79 Å². The monoisotopic (exact) mass is 970 g/mol. The van der Waals surface area contributed by atoms with E-state index in [0.29, 0.717) is 86.6 Å². The highest BCUT2D eigenvalue weighted by Gasteiger charge is 2.39. The topological polar surface area (TPSA) is 168 Å². The molecule has 3 aliphatic heterocycles. The second-order valence-electron chi connectivity index (χ2n) is 17.9. The molecule has 8 rings (SSSR count). The maximum atomic E-state index is 14.3. The number of fused-ring (bicyclic) bond motifs is 8. The number of aryl methyl sites for hydroxylation is 1. The molecule has 2 fully saturated rings. The van der Waals surface area contributed by atoms with Crippen LogP contribution >= 0.6 is 21.6 Å². The van der Waals surface area contributed by atoms with Gasteiger partial charge in [0.1, 0.15) is 18.5 Å². The van der Waals surface area contributed by atoms with Crippen LogP contribution < -0.4 is 24.5 Å². The summed E-state index contributed by atoms with van der Waals surface area (Å²) in [6.45, 7) is 3.60. The Kier molecular flexibility index (Phi) is 16.6. The number of carbonyl (C=O) groups excluding carboxylic acids is 3. The van der Waals surface area contributed by atoms with E-state index in [1.165, 1.54) is 18.4 Å². The lowest BCUT2D eigenvalue weighted by Gasteiger charge is -2.48. The Morgan fingerprint density at radius 3 is 2.34 bits per heavy atom. The number of aromatic nitrogens is 2. The molecule has 0 radical (unpaired) electrons. The molecule has 1 N–H and O–H groups in total. The average molecular weight is 971 g/mol. The summed E-state index contributed by atoms with van der Waals surface area (Å²) >= 11 is 0. The largest absolute Gasteiger partial charge is 0.493 e. The quantitative estimate of drug-likeness (QED) is 0.0304. The number of Topliss-reactive ketones (excluding diaryl/α,β-unsaturated/α-hetero) is 1. The summed E-state index contributed by atoms with van der Waals surface area (Å²) in [6.07, 6.45) is 10.6. The third kappa shape index (κ3) is 11.4. The molecule has 3 aromatic carbocycles. The first kappa shape index (κ1) is 49.2. The molecule has 0 spiro atoms. The summed E-state index contributed by atoms with van der Waals surface area (Å²) in [5.41, 5.74) is 3.69. The van der Waals surface area contributed by atoms with Crippen LogP contribution in [0.25, 0.3) is 32.6 Å². The Labute approximate surface area is 404 Å². The first-order valence-corrected chi connectivity index (χ1v) is 26.1. The number of ether oxygens (including phenoxy) is 6. The van der Waals surface area contributed by atoms with E-state index in [1.807, 2.05) is 31.2 Å². The Balaban J connectivity index is 0.727. The predicted molar refractivity (Wildman–Crippen MR) is 265 cm³/mol. The van der Waals surface area contributed by atoms with Gasteiger partial charge in [-0.1, -0.05) is 58.2 Å². The van der Waals surface area contributed by atoms with E-state index in [-0.39, 0.29) is 62.9 Å². The molecule has 2 bridgehead atoms. The van der Waals surface area contributed by atoms with E-state index in [0.717, 1.165) is 73.6 Å². The maximum absolute atomic E-state index is 14.3. The van der Waals surface area contributed by atoms with Crippen molar-refractivity contribution in [3.8, 4) is 23.0 Å². The SMILES string of the molecule is COc1cc2c(=O)n(CCN(C)C(=O)OCCSSCCC(=O)CCCCCN3C4CCCC3CC(OC(=O)Cc3cc(C)ccc3CO)C4)c3c4cc5c(cc4ncc3c2cc1OC)OCO5. The summed E-state index contributed by atoms with van der Waals surface area (Å²) in [5.74, 6) is 3.39. The van der Waals surface area contributed by atoms with Gasteiger partial charge in [0.25, 0.3) is 5.56 Å². The number of piperidine rings is 2. The number of likely N-dealkylation sites (N-methyl/N-ethyl adjacent to an activating group) is 1. The normalized spacial score (nSPS) is 17.7. The highest BCUT2D eigenvalue weighted by Crippen LogP contribution is 2.41. The number of nitrogens with zero attached hydrogens (tertiary/aromatic N) is 4. The van der Waals surface area contributed by atoms with Crippen LogP contribution in [-0.4, -0.2) is 120 Å². The maximum Gasteiger partial charge on any atom is 0.409 e. The Hall–Kier alpha value is -5.23. The number of pyridine rings is 2. The van der Waals surface area contributed by atoms with E-state index in [9.17, 15) is 24.3 Å². The van der Waals surface area contributed by atoms with Crippen molar-refractivity contribution < 1.29 is 47.9 Å². The molecule has 5 heterocycles. The number of ketones is 1. The van der Waals surface area contributed by atoms with Crippen LogP contribution in [0.3, 0.4) is 0 Å². The molecule has 2 saturated heterocycles. The molecular formula is C51H62N4O11S2. The van der Waals surface area contributed by atoms with E-state index in [2.05, 4.69) is 4.90 Å². The highest BCUT2D eigenvalue weighted by atomic mass is 33.1. The second-order valence-corrected chi connectivity index (χ2v) is 20.6. The Morgan fingerprint density at radius 1 is 0.853 bits per heavy atom. The van der Waals surface area contributed by atoms with E-state index < -0.39 is 6.09 Å². The summed E-state index contributed by atoms with van der Waals surface area (Å²) < 4.78 is 35.6. The number of unbranched alkanes of at least 4 members (excludes halogenated alkanes) is 2. The number of esters is 1. The van der Waals surface area contributed by atoms with Crippen molar-refractivity contribution in [1.82, 2.24) is 19.4 Å². The molecule has 2 aromatic heterocycles. The van der Waals surface area contributed by atoms with Gasteiger partial charge >= 0.3 is 12.1 Å². The molecule has 17 heteroatoms. The van der Waals surface area contributed by atoms with E-state index in [4.69, 9.17) is 33.4 Å². The van der Waals surface area contributed by atoms with Gasteiger partial charge in [-0.05, 0) is 68.5 Å². The number of carbonyl (C=O) groups is 3. The lowest BCUT2D eigenvalue weighted by atomic mass is 9.82. The van der Waals surface area contributed by atoms with Crippen LogP contribution in [0.4, 0.5) is 4.79 Å². The van der Waals surface area contributed by atoms with Crippen LogP contribution in [0.15, 0.2) is 53.5 Å². The van der Waals surface area contributed by atoms with Gasteiger partial charge < -0.3 is 43.0 Å². The zero-order valence-electron chi connectivity index (χ0n) is 39.4. The van der Waals surface area contributed by atoms with Crippen molar-refractivity contribution in [2.45, 2.75) is 109 Å². The van der Waals surface area contributed by atoms with Crippen LogP contribution in [0.1, 0.15) is 80.9 Å². The average Bonchev–Trinajstić information content (AvgIpc) is 3.79. The second kappa shape index (κ2) is 22.9. The van der Waals surface area contributed by atoms with Crippen LogP contribution in [0.5, 0.6) is 23.0 Å². The van der Waals surface area contributed by atoms with Crippen molar-refractivity contribution >= 4 is 72.0 Å². The lowest BCUT2D eigenvalue weighted by molar-refractivity contribution is -0.154. The minimum Gasteiger partial charge on any atom is -0.493 e.